The maximum Gasteiger partial charge on any atom is 0.372 e. The third kappa shape index (κ3) is 9.58. The molecule has 23 heavy (non-hydrogen) atoms. The maximum absolute atomic E-state index is 10.4. The van der Waals surface area contributed by atoms with Crippen LogP contribution in [0.3, 0.4) is 0 Å². The number of phenolic OH excluding ortho intramolecular Hbond substituents is 1. The van der Waals surface area contributed by atoms with Crippen molar-refractivity contribution in [2.45, 2.75) is 25.3 Å². The van der Waals surface area contributed by atoms with Gasteiger partial charge in [-0.1, -0.05) is 12.1 Å². The van der Waals surface area contributed by atoms with Gasteiger partial charge in [0.05, 0.1) is 6.42 Å². The van der Waals surface area contributed by atoms with Crippen molar-refractivity contribution in [3.63, 3.8) is 0 Å². The number of benzene rings is 1. The van der Waals surface area contributed by atoms with Gasteiger partial charge in [0.2, 0.25) is 5.78 Å². The van der Waals surface area contributed by atoms with Gasteiger partial charge in [0.25, 0.3) is 0 Å². The maximum atomic E-state index is 10.4. The molecule has 126 valence electrons. The first kappa shape index (κ1) is 20.1. The van der Waals surface area contributed by atoms with E-state index >= 15 is 0 Å². The molecular formula is C14H17NO8. The third-order valence-electron chi connectivity index (χ3n) is 2.51. The van der Waals surface area contributed by atoms with Gasteiger partial charge < -0.3 is 26.2 Å². The first-order valence-electron chi connectivity index (χ1n) is 6.37. The minimum Gasteiger partial charge on any atom is -0.508 e. The number of Topliss-reactive ketones (excluding diaryl/α,β-unsaturated/α-hetero) is 1. The van der Waals surface area contributed by atoms with Crippen molar-refractivity contribution in [2.75, 3.05) is 0 Å². The second-order valence-corrected chi connectivity index (χ2v) is 4.44. The predicted octanol–water partition coefficient (Wildman–Crippen LogP) is -0.149. The van der Waals surface area contributed by atoms with Gasteiger partial charge in [-0.2, -0.15) is 0 Å². The van der Waals surface area contributed by atoms with Gasteiger partial charge >= 0.3 is 17.9 Å². The van der Waals surface area contributed by atoms with Gasteiger partial charge in [0, 0.05) is 6.42 Å². The lowest BCUT2D eigenvalue weighted by molar-refractivity contribution is -0.149. The van der Waals surface area contributed by atoms with Crippen LogP contribution in [0, 0.1) is 0 Å². The highest BCUT2D eigenvalue weighted by molar-refractivity contribution is 6.32. The number of hydrogen-bond acceptors (Lipinski definition) is 6. The van der Waals surface area contributed by atoms with E-state index in [1.807, 2.05) is 0 Å². The van der Waals surface area contributed by atoms with E-state index < -0.39 is 42.6 Å². The van der Waals surface area contributed by atoms with Crippen LogP contribution in [0.1, 0.15) is 18.4 Å². The molecule has 1 aromatic rings. The molecular weight excluding hydrogens is 310 g/mol. The van der Waals surface area contributed by atoms with Crippen molar-refractivity contribution >= 4 is 23.7 Å². The summed E-state index contributed by atoms with van der Waals surface area (Å²) in [7, 11) is 0. The van der Waals surface area contributed by atoms with Crippen LogP contribution in [-0.4, -0.2) is 50.2 Å². The molecule has 0 fully saturated rings. The highest BCUT2D eigenvalue weighted by Gasteiger charge is 2.12. The fourth-order valence-electron chi connectivity index (χ4n) is 1.30. The Morgan fingerprint density at radius 3 is 1.87 bits per heavy atom. The van der Waals surface area contributed by atoms with E-state index in [1.54, 1.807) is 12.1 Å². The van der Waals surface area contributed by atoms with Gasteiger partial charge in [0.15, 0.2) is 0 Å². The van der Waals surface area contributed by atoms with E-state index in [9.17, 15) is 19.2 Å². The highest BCUT2D eigenvalue weighted by atomic mass is 16.4. The molecule has 0 saturated carbocycles. The van der Waals surface area contributed by atoms with Crippen LogP contribution >= 0.6 is 0 Å². The average molecular weight is 327 g/mol. The van der Waals surface area contributed by atoms with Crippen molar-refractivity contribution in [3.05, 3.63) is 29.8 Å². The molecule has 1 atom stereocenters. The Morgan fingerprint density at radius 1 is 0.957 bits per heavy atom. The summed E-state index contributed by atoms with van der Waals surface area (Å²) in [6, 6.07) is 5.42. The molecule has 1 unspecified atom stereocenters. The van der Waals surface area contributed by atoms with Crippen molar-refractivity contribution in [1.29, 1.82) is 0 Å². The number of ketones is 1. The fraction of sp³-hybridized carbons (Fsp3) is 0.286. The standard InChI is InChI=1S/C9H11NO3.C5H6O5/c10-8(9(12)13)5-6-1-3-7(11)4-2-6;6-3(5(9)10)1-2-4(7)8/h1-4,8,11H,5,10H2,(H,12,13);1-2H2,(H,7,8)(H,9,10). The summed E-state index contributed by atoms with van der Waals surface area (Å²) < 4.78 is 0. The molecule has 1 rings (SSSR count). The molecule has 9 heteroatoms. The minimum atomic E-state index is -1.58. The van der Waals surface area contributed by atoms with Crippen molar-refractivity contribution in [2.24, 2.45) is 5.73 Å². The summed E-state index contributed by atoms with van der Waals surface area (Å²) in [4.78, 5) is 40.1. The molecule has 0 saturated heterocycles. The molecule has 0 aromatic heterocycles. The fourth-order valence-corrected chi connectivity index (χ4v) is 1.30. The monoisotopic (exact) mass is 327 g/mol. The second-order valence-electron chi connectivity index (χ2n) is 4.44. The van der Waals surface area contributed by atoms with E-state index in [0.29, 0.717) is 0 Å². The highest BCUT2D eigenvalue weighted by Crippen LogP contribution is 2.10. The van der Waals surface area contributed by atoms with Gasteiger partial charge in [-0.3, -0.25) is 14.4 Å². The summed E-state index contributed by atoms with van der Waals surface area (Å²) in [6.45, 7) is 0. The number of hydrogen-bond donors (Lipinski definition) is 5. The summed E-state index contributed by atoms with van der Waals surface area (Å²) >= 11 is 0. The molecule has 0 bridgehead atoms. The van der Waals surface area contributed by atoms with Crippen LogP contribution < -0.4 is 5.73 Å². The van der Waals surface area contributed by atoms with Crippen molar-refractivity contribution in [1.82, 2.24) is 0 Å². The molecule has 6 N–H and O–H groups in total. The summed E-state index contributed by atoms with van der Waals surface area (Å²) in [5.41, 5.74) is 6.12. The number of carbonyl (C=O) groups is 4. The number of phenols is 1. The number of aromatic hydroxyl groups is 1. The van der Waals surface area contributed by atoms with E-state index in [-0.39, 0.29) is 12.2 Å². The van der Waals surface area contributed by atoms with Crippen LogP contribution in [0.15, 0.2) is 24.3 Å². The summed E-state index contributed by atoms with van der Waals surface area (Å²) in [5.74, 6) is -4.68. The first-order valence-corrected chi connectivity index (χ1v) is 6.37. The molecule has 0 amide bonds. The Balaban J connectivity index is 0.000000438. The van der Waals surface area contributed by atoms with Crippen LogP contribution in [-0.2, 0) is 25.6 Å². The lowest BCUT2D eigenvalue weighted by atomic mass is 10.1. The molecule has 9 nitrogen and oxygen atoms in total. The van der Waals surface area contributed by atoms with E-state index in [4.69, 9.17) is 26.2 Å². The molecule has 0 radical (unpaired) electrons. The Hall–Kier alpha value is -2.94. The lowest BCUT2D eigenvalue weighted by Crippen LogP contribution is -2.32. The smallest absolute Gasteiger partial charge is 0.372 e. The lowest BCUT2D eigenvalue weighted by Gasteiger charge is -2.05. The minimum absolute atomic E-state index is 0.160. The van der Waals surface area contributed by atoms with Crippen molar-refractivity contribution < 1.29 is 39.6 Å². The largest absolute Gasteiger partial charge is 0.508 e. The van der Waals surface area contributed by atoms with Crippen LogP contribution in [0.25, 0.3) is 0 Å². The third-order valence-corrected chi connectivity index (χ3v) is 2.51. The number of carboxylic acid groups (broad SMARTS) is 3. The summed E-state index contributed by atoms with van der Waals surface area (Å²) in [6.07, 6.45) is -0.592. The number of rotatable bonds is 7. The van der Waals surface area contributed by atoms with E-state index in [0.717, 1.165) is 5.56 Å². The Morgan fingerprint density at radius 2 is 1.48 bits per heavy atom. The molecule has 0 aliphatic carbocycles. The van der Waals surface area contributed by atoms with E-state index in [2.05, 4.69) is 0 Å². The van der Waals surface area contributed by atoms with E-state index in [1.165, 1.54) is 12.1 Å². The Labute approximate surface area is 131 Å². The van der Waals surface area contributed by atoms with Crippen molar-refractivity contribution in [3.8, 4) is 5.75 Å². The van der Waals surface area contributed by atoms with Gasteiger partial charge in [-0.15, -0.1) is 0 Å². The molecule has 0 aliphatic heterocycles. The topological polar surface area (TPSA) is 175 Å². The number of aliphatic carboxylic acids is 3. The van der Waals surface area contributed by atoms with Crippen LogP contribution in [0.4, 0.5) is 0 Å². The normalized spacial score (nSPS) is 10.8. The number of carboxylic acids is 3. The SMILES string of the molecule is NC(Cc1ccc(O)cc1)C(=O)O.O=C(O)CCC(=O)C(=O)O. The Kier molecular flexibility index (Phi) is 8.63. The molecule has 0 aliphatic rings. The molecule has 0 heterocycles. The Bertz CT molecular complexity index is 567. The molecule has 0 spiro atoms. The second kappa shape index (κ2) is 9.90. The zero-order valence-corrected chi connectivity index (χ0v) is 12.0. The quantitative estimate of drug-likeness (QED) is 0.426. The van der Waals surface area contributed by atoms with Gasteiger partial charge in [0.1, 0.15) is 11.8 Å². The average Bonchev–Trinajstić information content (AvgIpc) is 2.47. The number of nitrogens with two attached hydrogens (primary N) is 1. The zero-order chi connectivity index (χ0) is 18.0. The van der Waals surface area contributed by atoms with Gasteiger partial charge in [-0.25, -0.2) is 4.79 Å². The van der Waals surface area contributed by atoms with Gasteiger partial charge in [-0.05, 0) is 24.1 Å². The first-order chi connectivity index (χ1) is 10.6. The molecule has 1 aromatic carbocycles. The van der Waals surface area contributed by atoms with Crippen LogP contribution in [0.5, 0.6) is 5.75 Å². The zero-order valence-electron chi connectivity index (χ0n) is 12.0. The summed E-state index contributed by atoms with van der Waals surface area (Å²) in [5, 5.41) is 33.4. The van der Waals surface area contributed by atoms with Crippen LogP contribution in [0.2, 0.25) is 0 Å². The number of carbonyl (C=O) groups excluding carboxylic acids is 1. The predicted molar refractivity (Wildman–Crippen MR) is 76.9 cm³/mol.